The molecule has 1 aromatic heterocycles. The Kier molecular flexibility index (Phi) is 3.31. The second-order valence-corrected chi connectivity index (χ2v) is 5.55. The Balaban J connectivity index is 1.75. The number of rotatable bonds is 4. The molecule has 0 bridgehead atoms. The lowest BCUT2D eigenvalue weighted by atomic mass is 9.80. The summed E-state index contributed by atoms with van der Waals surface area (Å²) in [7, 11) is 0. The minimum absolute atomic E-state index is 0.518. The summed E-state index contributed by atoms with van der Waals surface area (Å²) in [4.78, 5) is 0. The summed E-state index contributed by atoms with van der Waals surface area (Å²) in [5, 5.41) is 5.21. The fourth-order valence-electron chi connectivity index (χ4n) is 2.60. The number of hydrogen-bond acceptors (Lipinski definition) is 2. The highest BCUT2D eigenvalue weighted by Crippen LogP contribution is 2.32. The van der Waals surface area contributed by atoms with E-state index in [2.05, 4.69) is 18.3 Å². The molecule has 3 rings (SSSR count). The smallest absolute Gasteiger partial charge is 0.199 e. The number of fused-ring (bicyclic) bond motifs is 1. The Bertz CT molecular complexity index is 544. The van der Waals surface area contributed by atoms with Crippen molar-refractivity contribution in [2.24, 2.45) is 5.92 Å². The summed E-state index contributed by atoms with van der Waals surface area (Å²) < 4.78 is 5.56. The molecule has 18 heavy (non-hydrogen) atoms. The molecule has 1 aromatic carbocycles. The van der Waals surface area contributed by atoms with E-state index in [1.165, 1.54) is 19.3 Å². The first kappa shape index (κ1) is 12.1. The van der Waals surface area contributed by atoms with Crippen molar-refractivity contribution in [2.45, 2.75) is 38.8 Å². The molecule has 1 unspecified atom stereocenters. The van der Waals surface area contributed by atoms with Crippen molar-refractivity contribution in [2.75, 3.05) is 0 Å². The van der Waals surface area contributed by atoms with E-state index in [1.807, 2.05) is 18.2 Å². The third-order valence-electron chi connectivity index (χ3n) is 4.11. The van der Waals surface area contributed by atoms with Crippen LogP contribution >= 0.6 is 11.6 Å². The molecule has 2 aromatic rings. The molecule has 1 N–H and O–H groups in total. The first-order chi connectivity index (χ1) is 8.75. The van der Waals surface area contributed by atoms with Crippen LogP contribution in [0.3, 0.4) is 0 Å². The molecule has 1 heterocycles. The quantitative estimate of drug-likeness (QED) is 0.886. The highest BCUT2D eigenvalue weighted by molar-refractivity contribution is 6.30. The zero-order valence-electron chi connectivity index (χ0n) is 10.6. The Morgan fingerprint density at radius 2 is 2.17 bits per heavy atom. The third-order valence-corrected chi connectivity index (χ3v) is 4.41. The summed E-state index contributed by atoms with van der Waals surface area (Å²) in [6.07, 6.45) is 4.09. The number of nitrogens with one attached hydrogen (secondary N) is 1. The van der Waals surface area contributed by atoms with Crippen molar-refractivity contribution in [3.63, 3.8) is 0 Å². The lowest BCUT2D eigenvalue weighted by molar-refractivity contribution is 0.240. The van der Waals surface area contributed by atoms with Crippen LogP contribution in [0.2, 0.25) is 5.22 Å². The van der Waals surface area contributed by atoms with E-state index in [0.29, 0.717) is 11.3 Å². The SMILES string of the molecule is CC(NCc1c(Cl)oc2ccccc12)C1CCC1. The summed E-state index contributed by atoms with van der Waals surface area (Å²) in [6, 6.07) is 8.57. The van der Waals surface area contributed by atoms with E-state index in [0.717, 1.165) is 29.0 Å². The lowest BCUT2D eigenvalue weighted by Gasteiger charge is -2.32. The van der Waals surface area contributed by atoms with Gasteiger partial charge in [0.2, 0.25) is 0 Å². The molecular formula is C15H18ClNO. The molecule has 1 fully saturated rings. The van der Waals surface area contributed by atoms with Gasteiger partial charge in [-0.3, -0.25) is 0 Å². The maximum Gasteiger partial charge on any atom is 0.199 e. The van der Waals surface area contributed by atoms with Crippen molar-refractivity contribution in [1.82, 2.24) is 5.32 Å². The minimum Gasteiger partial charge on any atom is -0.444 e. The Labute approximate surface area is 112 Å². The fourth-order valence-corrected chi connectivity index (χ4v) is 2.85. The topological polar surface area (TPSA) is 25.2 Å². The molecule has 0 saturated heterocycles. The van der Waals surface area contributed by atoms with Gasteiger partial charge in [-0.15, -0.1) is 0 Å². The molecule has 3 heteroatoms. The zero-order valence-corrected chi connectivity index (χ0v) is 11.3. The van der Waals surface area contributed by atoms with Gasteiger partial charge in [0, 0.05) is 23.5 Å². The van der Waals surface area contributed by atoms with Crippen LogP contribution in [0.1, 0.15) is 31.7 Å². The average Bonchev–Trinajstić information content (AvgIpc) is 2.60. The molecule has 1 saturated carbocycles. The summed E-state index contributed by atoms with van der Waals surface area (Å²) in [5.41, 5.74) is 1.95. The summed E-state index contributed by atoms with van der Waals surface area (Å²) in [6.45, 7) is 3.05. The third kappa shape index (κ3) is 2.15. The van der Waals surface area contributed by atoms with Crippen LogP contribution in [0.25, 0.3) is 11.0 Å². The predicted octanol–water partition coefficient (Wildman–Crippen LogP) is 4.36. The Hall–Kier alpha value is -0.990. The average molecular weight is 264 g/mol. The van der Waals surface area contributed by atoms with Gasteiger partial charge in [-0.05, 0) is 43.4 Å². The second-order valence-electron chi connectivity index (χ2n) is 5.21. The van der Waals surface area contributed by atoms with Crippen LogP contribution in [0.15, 0.2) is 28.7 Å². The molecule has 0 radical (unpaired) electrons. The van der Waals surface area contributed by atoms with Crippen LogP contribution < -0.4 is 5.32 Å². The molecule has 2 nitrogen and oxygen atoms in total. The number of para-hydroxylation sites is 1. The minimum atomic E-state index is 0.518. The number of hydrogen-bond donors (Lipinski definition) is 1. The number of benzene rings is 1. The van der Waals surface area contributed by atoms with E-state index in [1.54, 1.807) is 0 Å². The molecule has 1 aliphatic carbocycles. The summed E-state index contributed by atoms with van der Waals surface area (Å²) >= 11 is 6.17. The van der Waals surface area contributed by atoms with Crippen molar-refractivity contribution >= 4 is 22.6 Å². The molecule has 96 valence electrons. The van der Waals surface area contributed by atoms with Gasteiger partial charge in [0.05, 0.1) is 0 Å². The maximum absolute atomic E-state index is 6.17. The van der Waals surface area contributed by atoms with E-state index in [9.17, 15) is 0 Å². The van der Waals surface area contributed by atoms with Crippen molar-refractivity contribution < 1.29 is 4.42 Å². The molecule has 0 amide bonds. The number of halogens is 1. The van der Waals surface area contributed by atoms with Gasteiger partial charge in [-0.25, -0.2) is 0 Å². The first-order valence-corrected chi connectivity index (χ1v) is 7.03. The molecule has 1 aliphatic rings. The molecular weight excluding hydrogens is 246 g/mol. The molecule has 0 aliphatic heterocycles. The monoisotopic (exact) mass is 263 g/mol. The lowest BCUT2D eigenvalue weighted by Crippen LogP contribution is -2.36. The van der Waals surface area contributed by atoms with E-state index >= 15 is 0 Å². The Morgan fingerprint density at radius 1 is 1.39 bits per heavy atom. The largest absolute Gasteiger partial charge is 0.444 e. The highest BCUT2D eigenvalue weighted by Gasteiger charge is 2.24. The fraction of sp³-hybridized carbons (Fsp3) is 0.467. The normalized spacial score (nSPS) is 17.9. The van der Waals surface area contributed by atoms with Gasteiger partial charge in [0.15, 0.2) is 5.22 Å². The van der Waals surface area contributed by atoms with Gasteiger partial charge in [-0.2, -0.15) is 0 Å². The molecule has 0 spiro atoms. The van der Waals surface area contributed by atoms with E-state index in [4.69, 9.17) is 16.0 Å². The van der Waals surface area contributed by atoms with Crippen molar-refractivity contribution in [3.05, 3.63) is 35.0 Å². The van der Waals surface area contributed by atoms with Crippen molar-refractivity contribution in [3.8, 4) is 0 Å². The van der Waals surface area contributed by atoms with Crippen LogP contribution in [0.5, 0.6) is 0 Å². The van der Waals surface area contributed by atoms with Crippen LogP contribution in [0.4, 0.5) is 0 Å². The molecule has 1 atom stereocenters. The van der Waals surface area contributed by atoms with Crippen molar-refractivity contribution in [1.29, 1.82) is 0 Å². The van der Waals surface area contributed by atoms with Crippen LogP contribution in [0, 0.1) is 5.92 Å². The van der Waals surface area contributed by atoms with Gasteiger partial charge in [0.1, 0.15) is 5.58 Å². The standard InChI is InChI=1S/C15H18ClNO/c1-10(11-5-4-6-11)17-9-13-12-7-2-3-8-14(12)18-15(13)16/h2-3,7-8,10-11,17H,4-6,9H2,1H3. The van der Waals surface area contributed by atoms with E-state index < -0.39 is 0 Å². The number of furan rings is 1. The van der Waals surface area contributed by atoms with Gasteiger partial charge < -0.3 is 9.73 Å². The Morgan fingerprint density at radius 3 is 2.89 bits per heavy atom. The highest BCUT2D eigenvalue weighted by atomic mass is 35.5. The van der Waals surface area contributed by atoms with Gasteiger partial charge >= 0.3 is 0 Å². The summed E-state index contributed by atoms with van der Waals surface area (Å²) in [5.74, 6) is 0.835. The zero-order chi connectivity index (χ0) is 12.5. The first-order valence-electron chi connectivity index (χ1n) is 6.65. The maximum atomic E-state index is 6.17. The van der Waals surface area contributed by atoms with Crippen LogP contribution in [-0.4, -0.2) is 6.04 Å². The van der Waals surface area contributed by atoms with Gasteiger partial charge in [0.25, 0.3) is 0 Å². The van der Waals surface area contributed by atoms with Crippen LogP contribution in [-0.2, 0) is 6.54 Å². The second kappa shape index (κ2) is 4.94. The predicted molar refractivity (Wildman–Crippen MR) is 74.9 cm³/mol. The van der Waals surface area contributed by atoms with Gasteiger partial charge in [-0.1, -0.05) is 24.6 Å². The van der Waals surface area contributed by atoms with E-state index in [-0.39, 0.29) is 0 Å².